The fourth-order valence-electron chi connectivity index (χ4n) is 6.14. The van der Waals surface area contributed by atoms with Crippen LogP contribution < -0.4 is 42.2 Å². The zero-order valence-electron chi connectivity index (χ0n) is 31.5. The van der Waals surface area contributed by atoms with Crippen molar-refractivity contribution in [2.24, 2.45) is 11.5 Å². The number of hydrogen-bond acceptors (Lipinski definition) is 10. The lowest BCUT2D eigenvalue weighted by atomic mass is 9.93. The number of nitriles is 1. The Morgan fingerprint density at radius 3 is 2.19 bits per heavy atom. The maximum absolute atomic E-state index is 13.9. The Morgan fingerprint density at radius 1 is 0.907 bits per heavy atom. The number of carbonyl (C=O) groups is 5. The number of nitrogens with two attached hydrogens (primary N) is 2. The second kappa shape index (κ2) is 23.5. The zero-order chi connectivity index (χ0) is 39.3. The van der Waals surface area contributed by atoms with Gasteiger partial charge in [-0.15, -0.1) is 0 Å². The van der Waals surface area contributed by atoms with E-state index in [4.69, 9.17) is 26.2 Å². The van der Waals surface area contributed by atoms with Crippen molar-refractivity contribution < 1.29 is 33.4 Å². The average molecular weight is 749 g/mol. The van der Waals surface area contributed by atoms with Crippen LogP contribution in [0.1, 0.15) is 81.9 Å². The quantitative estimate of drug-likeness (QED) is 0.0852. The van der Waals surface area contributed by atoms with E-state index in [1.807, 2.05) is 6.07 Å². The van der Waals surface area contributed by atoms with Gasteiger partial charge in [0.15, 0.2) is 0 Å². The highest BCUT2D eigenvalue weighted by atomic mass is 16.5. The van der Waals surface area contributed by atoms with Gasteiger partial charge in [0.2, 0.25) is 29.5 Å². The van der Waals surface area contributed by atoms with E-state index in [9.17, 15) is 24.0 Å². The van der Waals surface area contributed by atoms with Crippen molar-refractivity contribution in [3.8, 4) is 28.7 Å². The van der Waals surface area contributed by atoms with Crippen molar-refractivity contribution in [3.63, 3.8) is 0 Å². The number of rotatable bonds is 20. The summed E-state index contributed by atoms with van der Waals surface area (Å²) in [5.74, 6) is -1.85. The van der Waals surface area contributed by atoms with E-state index in [0.29, 0.717) is 40.2 Å². The fraction of sp³-hybridized carbons (Fsp3) is 0.538. The van der Waals surface area contributed by atoms with E-state index in [0.717, 1.165) is 25.7 Å². The highest BCUT2D eigenvalue weighted by Gasteiger charge is 2.31. The summed E-state index contributed by atoms with van der Waals surface area (Å²) in [5, 5.41) is 19.4. The molecular formula is C39H56N8O7. The van der Waals surface area contributed by atoms with Gasteiger partial charge in [-0.25, -0.2) is 0 Å². The summed E-state index contributed by atoms with van der Waals surface area (Å²) in [5.41, 5.74) is 13.6. The summed E-state index contributed by atoms with van der Waals surface area (Å²) in [6.45, 7) is 1.90. The molecule has 294 valence electrons. The number of carbonyl (C=O) groups excluding carboxylic acids is 5. The molecule has 2 aromatic rings. The summed E-state index contributed by atoms with van der Waals surface area (Å²) in [6.07, 6.45) is 9.06. The van der Waals surface area contributed by atoms with Crippen LogP contribution in [0.3, 0.4) is 0 Å². The van der Waals surface area contributed by atoms with Gasteiger partial charge in [-0.2, -0.15) is 5.26 Å². The normalized spacial score (nSPS) is 15.5. The molecule has 1 aliphatic rings. The molecule has 0 spiro atoms. The van der Waals surface area contributed by atoms with Crippen molar-refractivity contribution in [2.45, 2.75) is 83.2 Å². The van der Waals surface area contributed by atoms with Crippen LogP contribution >= 0.6 is 0 Å². The number of benzene rings is 2. The maximum Gasteiger partial charge on any atom is 0.247 e. The summed E-state index contributed by atoms with van der Waals surface area (Å²) < 4.78 is 12.0. The number of hydrogen-bond donors (Lipinski definition) is 6. The molecule has 0 radical (unpaired) electrons. The highest BCUT2D eigenvalue weighted by molar-refractivity contribution is 5.94. The minimum atomic E-state index is -1.24. The van der Waals surface area contributed by atoms with Crippen LogP contribution in [0.25, 0.3) is 11.1 Å². The van der Waals surface area contributed by atoms with E-state index in [1.165, 1.54) is 37.6 Å². The average Bonchev–Trinajstić information content (AvgIpc) is 3.17. The molecule has 2 unspecified atom stereocenters. The molecule has 15 heteroatoms. The summed E-state index contributed by atoms with van der Waals surface area (Å²) in [7, 11) is 1.45. The molecule has 3 rings (SSSR count). The lowest BCUT2D eigenvalue weighted by molar-refractivity contribution is -0.140. The number of fused-ring (bicyclic) bond motifs is 5. The van der Waals surface area contributed by atoms with Crippen molar-refractivity contribution >= 4 is 29.5 Å². The highest BCUT2D eigenvalue weighted by Crippen LogP contribution is 2.40. The number of likely N-dealkylation sites (N-methyl/N-ethyl adjacent to an activating group) is 1. The van der Waals surface area contributed by atoms with Crippen molar-refractivity contribution in [2.75, 3.05) is 53.0 Å². The first-order chi connectivity index (χ1) is 26.1. The number of amides is 5. The lowest BCUT2D eigenvalue weighted by Gasteiger charge is -2.29. The Bertz CT molecular complexity index is 1610. The van der Waals surface area contributed by atoms with Gasteiger partial charge in [0.25, 0.3) is 0 Å². The molecule has 4 bridgehead atoms. The molecule has 0 aromatic heterocycles. The molecule has 0 saturated carbocycles. The second-order valence-electron chi connectivity index (χ2n) is 13.2. The van der Waals surface area contributed by atoms with E-state index < -0.39 is 42.3 Å². The Hall–Kier alpha value is -5.20. The molecule has 2 atom stereocenters. The van der Waals surface area contributed by atoms with Gasteiger partial charge in [0.05, 0.1) is 19.2 Å². The first-order valence-electron chi connectivity index (χ1n) is 18.8. The van der Waals surface area contributed by atoms with Crippen LogP contribution in [0, 0.1) is 11.3 Å². The van der Waals surface area contributed by atoms with Crippen LogP contribution in [0.2, 0.25) is 0 Å². The predicted octanol–water partition coefficient (Wildman–Crippen LogP) is 1.97. The summed E-state index contributed by atoms with van der Waals surface area (Å²) >= 11 is 0. The van der Waals surface area contributed by atoms with Gasteiger partial charge >= 0.3 is 0 Å². The van der Waals surface area contributed by atoms with Gasteiger partial charge < -0.3 is 47.1 Å². The standard InChI is InChI=1S/C39H56N8O7/c1-3-4-5-6-7-8-9-10-11-34(48)44-26-36(50)47(2)37-28-13-15-33(54-21-18-42)30(24-28)29-22-27(12-14-32(29)53-20-17-41)23-31(38(51)43-19-16-40)46-35(49)25-45-39(37)52/h12-15,22,24,31,37H,3-11,17-21,23,25-26,41-42H2,1-2H3,(H,43,51)(H,44,48)(H,45,52)(H,46,49). The summed E-state index contributed by atoms with van der Waals surface area (Å²) in [6, 6.07) is 9.79. The van der Waals surface area contributed by atoms with Crippen LogP contribution in [-0.4, -0.2) is 93.5 Å². The van der Waals surface area contributed by atoms with Crippen LogP contribution in [0.5, 0.6) is 11.5 Å². The predicted molar refractivity (Wildman–Crippen MR) is 204 cm³/mol. The smallest absolute Gasteiger partial charge is 0.247 e. The zero-order valence-corrected chi connectivity index (χ0v) is 31.5. The number of unbranched alkanes of at least 4 members (excludes halogenated alkanes) is 7. The molecule has 15 nitrogen and oxygen atoms in total. The molecule has 1 heterocycles. The molecule has 0 fully saturated rings. The van der Waals surface area contributed by atoms with Crippen LogP contribution in [0.4, 0.5) is 0 Å². The Balaban J connectivity index is 1.96. The maximum atomic E-state index is 13.9. The molecule has 1 aliphatic heterocycles. The second-order valence-corrected chi connectivity index (χ2v) is 13.2. The molecule has 8 N–H and O–H groups in total. The Morgan fingerprint density at radius 2 is 1.54 bits per heavy atom. The van der Waals surface area contributed by atoms with Crippen molar-refractivity contribution in [3.05, 3.63) is 47.5 Å². The minimum Gasteiger partial charge on any atom is -0.492 e. The van der Waals surface area contributed by atoms with Gasteiger partial charge in [0, 0.05) is 44.1 Å². The van der Waals surface area contributed by atoms with Gasteiger partial charge in [-0.3, -0.25) is 24.0 Å². The first kappa shape index (κ1) is 43.2. The van der Waals surface area contributed by atoms with Gasteiger partial charge in [-0.1, -0.05) is 64.0 Å². The number of ether oxygens (including phenoxy) is 2. The van der Waals surface area contributed by atoms with E-state index in [1.54, 1.807) is 36.4 Å². The third-order valence-electron chi connectivity index (χ3n) is 8.98. The minimum absolute atomic E-state index is 0.0461. The number of nitrogens with one attached hydrogen (secondary N) is 4. The third-order valence-corrected chi connectivity index (χ3v) is 8.98. The number of nitrogens with zero attached hydrogens (tertiary/aromatic N) is 2. The van der Waals surface area contributed by atoms with E-state index in [2.05, 4.69) is 28.2 Å². The monoisotopic (exact) mass is 748 g/mol. The van der Waals surface area contributed by atoms with Crippen LogP contribution in [0.15, 0.2) is 36.4 Å². The molecular weight excluding hydrogens is 692 g/mol. The molecule has 0 saturated heterocycles. The third kappa shape index (κ3) is 13.7. The molecule has 54 heavy (non-hydrogen) atoms. The van der Waals surface area contributed by atoms with Crippen molar-refractivity contribution in [1.29, 1.82) is 5.26 Å². The van der Waals surface area contributed by atoms with Crippen molar-refractivity contribution in [1.82, 2.24) is 26.2 Å². The SMILES string of the molecule is CCCCCCCCCCC(=O)NCC(=O)N(C)C1C(=O)NCC(=O)NC(C(=O)NCC#N)Cc2ccc(OCCN)c(c2)-c2cc1ccc2OCCN. The topological polar surface area (TPSA) is 231 Å². The van der Waals surface area contributed by atoms with Gasteiger partial charge in [-0.05, 0) is 41.8 Å². The Kier molecular flexibility index (Phi) is 18.8. The molecule has 2 aromatic carbocycles. The Labute approximate surface area is 317 Å². The molecule has 5 amide bonds. The lowest BCUT2D eigenvalue weighted by Crippen LogP contribution is -2.52. The van der Waals surface area contributed by atoms with Gasteiger partial charge in [0.1, 0.15) is 43.3 Å². The van der Waals surface area contributed by atoms with E-state index >= 15 is 0 Å². The largest absolute Gasteiger partial charge is 0.492 e. The van der Waals surface area contributed by atoms with E-state index in [-0.39, 0.29) is 51.7 Å². The summed E-state index contributed by atoms with van der Waals surface area (Å²) in [4.78, 5) is 67.5. The fourth-order valence-corrected chi connectivity index (χ4v) is 6.14. The first-order valence-corrected chi connectivity index (χ1v) is 18.8. The van der Waals surface area contributed by atoms with Crippen LogP contribution in [-0.2, 0) is 30.4 Å². The molecule has 0 aliphatic carbocycles.